The van der Waals surface area contributed by atoms with Crippen LogP contribution in [0.25, 0.3) is 0 Å². The van der Waals surface area contributed by atoms with Crippen LogP contribution in [0.2, 0.25) is 0 Å². The molecule has 0 fully saturated rings. The smallest absolute Gasteiger partial charge is 0.433 e. The predicted molar refractivity (Wildman–Crippen MR) is 45.3 cm³/mol. The van der Waals surface area contributed by atoms with E-state index in [1.54, 1.807) is 0 Å². The van der Waals surface area contributed by atoms with Gasteiger partial charge in [-0.05, 0) is 6.07 Å². The number of nitrogens with one attached hydrogen (secondary N) is 1. The second-order valence-corrected chi connectivity index (χ2v) is 2.47. The van der Waals surface area contributed by atoms with E-state index in [1.807, 2.05) is 5.32 Å². The average molecular weight is 214 g/mol. The Hall–Kier alpha value is -2.38. The summed E-state index contributed by atoms with van der Waals surface area (Å²) >= 11 is 0. The Bertz CT molecular complexity index is 409. The third kappa shape index (κ3) is 2.79. The molecule has 0 bridgehead atoms. The second kappa shape index (κ2) is 4.22. The van der Waals surface area contributed by atoms with Crippen molar-refractivity contribution >= 4 is 17.8 Å². The van der Waals surface area contributed by atoms with Crippen molar-refractivity contribution in [1.29, 1.82) is 0 Å². The summed E-state index contributed by atoms with van der Waals surface area (Å²) in [6.45, 7) is -0.576. The third-order valence-electron chi connectivity index (χ3n) is 1.40. The number of nitro groups is 1. The van der Waals surface area contributed by atoms with Crippen LogP contribution >= 0.6 is 0 Å². The summed E-state index contributed by atoms with van der Waals surface area (Å²) in [6, 6.07) is 2.10. The minimum absolute atomic E-state index is 0.303. The van der Waals surface area contributed by atoms with Gasteiger partial charge in [0.1, 0.15) is 11.5 Å². The number of amides is 1. The topological polar surface area (TPSA) is 123 Å². The third-order valence-corrected chi connectivity index (χ3v) is 1.40. The molecule has 1 amide bonds. The minimum atomic E-state index is -1.22. The molecule has 0 saturated carbocycles. The maximum atomic E-state index is 11.1. The van der Waals surface area contributed by atoms with Gasteiger partial charge in [-0.15, -0.1) is 0 Å². The molecule has 0 radical (unpaired) electrons. The van der Waals surface area contributed by atoms with Crippen LogP contribution < -0.4 is 5.32 Å². The monoisotopic (exact) mass is 214 g/mol. The Morgan fingerprint density at radius 3 is 2.67 bits per heavy atom. The molecule has 0 saturated heterocycles. The van der Waals surface area contributed by atoms with Gasteiger partial charge in [-0.2, -0.15) is 0 Å². The van der Waals surface area contributed by atoms with E-state index in [-0.39, 0.29) is 5.76 Å². The standard InChI is InChI=1S/C7H6N2O6/c10-6(11)3-8-7(12)4-1-2-5(15-4)9(13)14/h1-2H,3H2,(H,8,12)(H,10,11). The quantitative estimate of drug-likeness (QED) is 0.537. The highest BCUT2D eigenvalue weighted by Gasteiger charge is 2.17. The van der Waals surface area contributed by atoms with Gasteiger partial charge in [0.05, 0.1) is 6.07 Å². The molecular weight excluding hydrogens is 208 g/mol. The molecule has 1 rings (SSSR count). The van der Waals surface area contributed by atoms with Gasteiger partial charge in [-0.3, -0.25) is 19.7 Å². The Kier molecular flexibility index (Phi) is 3.01. The first-order chi connectivity index (χ1) is 7.00. The molecule has 1 aromatic heterocycles. The molecule has 1 aromatic rings. The SMILES string of the molecule is O=C(O)CNC(=O)c1ccc([N+](=O)[O-])o1. The number of rotatable bonds is 4. The Balaban J connectivity index is 2.66. The van der Waals surface area contributed by atoms with E-state index in [0.29, 0.717) is 0 Å². The summed E-state index contributed by atoms with van der Waals surface area (Å²) in [6.07, 6.45) is 0. The number of furan rings is 1. The summed E-state index contributed by atoms with van der Waals surface area (Å²) in [4.78, 5) is 30.6. The highest BCUT2D eigenvalue weighted by atomic mass is 16.6. The molecule has 1 heterocycles. The van der Waals surface area contributed by atoms with Gasteiger partial charge in [0, 0.05) is 0 Å². The normalized spacial score (nSPS) is 9.60. The zero-order valence-electron chi connectivity index (χ0n) is 7.30. The van der Waals surface area contributed by atoms with Crippen molar-refractivity contribution in [2.45, 2.75) is 0 Å². The van der Waals surface area contributed by atoms with E-state index in [9.17, 15) is 19.7 Å². The van der Waals surface area contributed by atoms with E-state index in [0.717, 1.165) is 12.1 Å². The van der Waals surface area contributed by atoms with Gasteiger partial charge in [0.2, 0.25) is 0 Å². The fourth-order valence-electron chi connectivity index (χ4n) is 0.791. The molecule has 0 aliphatic heterocycles. The molecule has 8 heteroatoms. The lowest BCUT2D eigenvalue weighted by atomic mass is 10.4. The first kappa shape index (κ1) is 10.7. The summed E-state index contributed by atoms with van der Waals surface area (Å²) < 4.78 is 4.54. The van der Waals surface area contributed by atoms with Crippen molar-refractivity contribution in [1.82, 2.24) is 5.32 Å². The zero-order valence-corrected chi connectivity index (χ0v) is 7.30. The molecule has 8 nitrogen and oxygen atoms in total. The molecule has 0 atom stereocenters. The molecule has 0 spiro atoms. The summed E-state index contributed by atoms with van der Waals surface area (Å²) in [5, 5.41) is 20.4. The minimum Gasteiger partial charge on any atom is -0.480 e. The fourth-order valence-corrected chi connectivity index (χ4v) is 0.791. The number of carboxylic acid groups (broad SMARTS) is 1. The number of carbonyl (C=O) groups excluding carboxylic acids is 1. The van der Waals surface area contributed by atoms with Gasteiger partial charge in [-0.25, -0.2) is 0 Å². The van der Waals surface area contributed by atoms with Crippen molar-refractivity contribution in [2.75, 3.05) is 6.54 Å². The van der Waals surface area contributed by atoms with E-state index < -0.39 is 29.2 Å². The van der Waals surface area contributed by atoms with Crippen LogP contribution in [0.1, 0.15) is 10.6 Å². The average Bonchev–Trinajstić information content (AvgIpc) is 2.62. The van der Waals surface area contributed by atoms with E-state index >= 15 is 0 Å². The predicted octanol–water partition coefficient (Wildman–Crippen LogP) is 0.00220. The lowest BCUT2D eigenvalue weighted by Crippen LogP contribution is -2.28. The lowest BCUT2D eigenvalue weighted by molar-refractivity contribution is -0.402. The Labute approximate surface area is 82.6 Å². The van der Waals surface area contributed by atoms with Crippen LogP contribution in [0.3, 0.4) is 0 Å². The number of hydrogen-bond donors (Lipinski definition) is 2. The zero-order chi connectivity index (χ0) is 11.4. The molecule has 0 unspecified atom stereocenters. The molecule has 80 valence electrons. The Morgan fingerprint density at radius 1 is 1.53 bits per heavy atom. The first-order valence-electron chi connectivity index (χ1n) is 3.75. The number of carboxylic acids is 1. The number of aliphatic carboxylic acids is 1. The molecule has 0 aromatic carbocycles. The van der Waals surface area contributed by atoms with E-state index in [1.165, 1.54) is 0 Å². The van der Waals surface area contributed by atoms with Gasteiger partial charge < -0.3 is 14.8 Å². The number of hydrogen-bond acceptors (Lipinski definition) is 5. The largest absolute Gasteiger partial charge is 0.480 e. The van der Waals surface area contributed by atoms with Crippen LogP contribution in [0.5, 0.6) is 0 Å². The molecular formula is C7H6N2O6. The van der Waals surface area contributed by atoms with E-state index in [2.05, 4.69) is 4.42 Å². The van der Waals surface area contributed by atoms with Gasteiger partial charge >= 0.3 is 11.9 Å². The maximum absolute atomic E-state index is 11.1. The van der Waals surface area contributed by atoms with Gasteiger partial charge in [0.25, 0.3) is 5.91 Å². The van der Waals surface area contributed by atoms with Crippen molar-refractivity contribution in [2.24, 2.45) is 0 Å². The van der Waals surface area contributed by atoms with Crippen molar-refractivity contribution in [3.63, 3.8) is 0 Å². The van der Waals surface area contributed by atoms with E-state index in [4.69, 9.17) is 5.11 Å². The number of nitrogens with zero attached hydrogens (tertiary/aromatic N) is 1. The Morgan fingerprint density at radius 2 is 2.20 bits per heavy atom. The molecule has 15 heavy (non-hydrogen) atoms. The van der Waals surface area contributed by atoms with Gasteiger partial charge in [0.15, 0.2) is 5.76 Å². The highest BCUT2D eigenvalue weighted by Crippen LogP contribution is 2.15. The van der Waals surface area contributed by atoms with Crippen molar-refractivity contribution < 1.29 is 24.0 Å². The number of carbonyl (C=O) groups is 2. The lowest BCUT2D eigenvalue weighted by Gasteiger charge is -1.96. The van der Waals surface area contributed by atoms with Crippen LogP contribution in [0.4, 0.5) is 5.88 Å². The summed E-state index contributed by atoms with van der Waals surface area (Å²) in [7, 11) is 0. The molecule has 0 aliphatic carbocycles. The van der Waals surface area contributed by atoms with Gasteiger partial charge in [-0.1, -0.05) is 0 Å². The van der Waals surface area contributed by atoms with Crippen LogP contribution in [0, 0.1) is 10.1 Å². The maximum Gasteiger partial charge on any atom is 0.433 e. The van der Waals surface area contributed by atoms with Crippen LogP contribution in [-0.4, -0.2) is 28.5 Å². The first-order valence-corrected chi connectivity index (χ1v) is 3.75. The van der Waals surface area contributed by atoms with Crippen LogP contribution in [-0.2, 0) is 4.79 Å². The van der Waals surface area contributed by atoms with Crippen LogP contribution in [0.15, 0.2) is 16.5 Å². The van der Waals surface area contributed by atoms with Crippen molar-refractivity contribution in [3.05, 3.63) is 28.0 Å². The highest BCUT2D eigenvalue weighted by molar-refractivity contribution is 5.93. The second-order valence-electron chi connectivity index (χ2n) is 2.47. The summed E-state index contributed by atoms with van der Waals surface area (Å²) in [5.74, 6) is -2.91. The molecule has 2 N–H and O–H groups in total. The fraction of sp³-hybridized carbons (Fsp3) is 0.143. The molecule has 0 aliphatic rings. The summed E-state index contributed by atoms with van der Waals surface area (Å²) in [5.41, 5.74) is 0. The van der Waals surface area contributed by atoms with Crippen molar-refractivity contribution in [3.8, 4) is 0 Å².